The number of hydrogen-bond donors (Lipinski definition) is 2. The van der Waals surface area contributed by atoms with E-state index in [4.69, 9.17) is 14.2 Å². The van der Waals surface area contributed by atoms with Gasteiger partial charge in [-0.25, -0.2) is 5.43 Å². The number of amides is 2. The first-order chi connectivity index (χ1) is 19.4. The summed E-state index contributed by atoms with van der Waals surface area (Å²) in [6.45, 7) is 6.11. The second kappa shape index (κ2) is 13.1. The van der Waals surface area contributed by atoms with Crippen molar-refractivity contribution < 1.29 is 23.8 Å². The Hall–Kier alpha value is -5.05. The van der Waals surface area contributed by atoms with Gasteiger partial charge in [0.15, 0.2) is 18.1 Å². The Bertz CT molecular complexity index is 1490. The van der Waals surface area contributed by atoms with Crippen molar-refractivity contribution in [2.45, 2.75) is 20.8 Å². The zero-order valence-corrected chi connectivity index (χ0v) is 22.9. The highest BCUT2D eigenvalue weighted by Crippen LogP contribution is 2.28. The lowest BCUT2D eigenvalue weighted by Gasteiger charge is -2.13. The predicted molar refractivity (Wildman–Crippen MR) is 155 cm³/mol. The van der Waals surface area contributed by atoms with Crippen molar-refractivity contribution in [1.82, 2.24) is 9.99 Å². The molecule has 40 heavy (non-hydrogen) atoms. The highest BCUT2D eigenvalue weighted by Gasteiger charge is 2.12. The minimum atomic E-state index is -0.341. The van der Waals surface area contributed by atoms with Crippen LogP contribution < -0.4 is 25.0 Å². The van der Waals surface area contributed by atoms with Crippen LogP contribution in [-0.2, 0) is 4.79 Å². The van der Waals surface area contributed by atoms with Crippen molar-refractivity contribution in [3.8, 4) is 22.9 Å². The zero-order chi connectivity index (χ0) is 28.5. The van der Waals surface area contributed by atoms with Gasteiger partial charge < -0.3 is 24.1 Å². The third kappa shape index (κ3) is 6.87. The van der Waals surface area contributed by atoms with Crippen LogP contribution in [0.25, 0.3) is 5.69 Å². The summed E-state index contributed by atoms with van der Waals surface area (Å²) in [5.74, 6) is 0.753. The lowest BCUT2D eigenvalue weighted by atomic mass is 10.2. The van der Waals surface area contributed by atoms with Gasteiger partial charge in [0.25, 0.3) is 11.8 Å². The number of aryl methyl sites for hydroxylation is 2. The summed E-state index contributed by atoms with van der Waals surface area (Å²) < 4.78 is 18.8. The van der Waals surface area contributed by atoms with Crippen molar-refractivity contribution in [3.63, 3.8) is 0 Å². The number of nitrogens with zero attached hydrogens (tertiary/aromatic N) is 2. The number of anilines is 1. The molecule has 0 fully saturated rings. The second-order valence-electron chi connectivity index (χ2n) is 8.87. The molecule has 0 spiro atoms. The highest BCUT2D eigenvalue weighted by atomic mass is 16.5. The Morgan fingerprint density at radius 2 is 1.60 bits per heavy atom. The summed E-state index contributed by atoms with van der Waals surface area (Å²) in [6, 6.07) is 23.7. The molecule has 0 atom stereocenters. The van der Waals surface area contributed by atoms with E-state index < -0.39 is 0 Å². The maximum absolute atomic E-state index is 12.6. The van der Waals surface area contributed by atoms with Crippen LogP contribution in [0.3, 0.4) is 0 Å². The Morgan fingerprint density at radius 1 is 0.875 bits per heavy atom. The predicted octanol–water partition coefficient (Wildman–Crippen LogP) is 5.28. The van der Waals surface area contributed by atoms with Crippen LogP contribution in [0.15, 0.2) is 84.0 Å². The number of benzene rings is 3. The van der Waals surface area contributed by atoms with E-state index in [1.165, 1.54) is 13.3 Å². The molecule has 0 aliphatic heterocycles. The van der Waals surface area contributed by atoms with E-state index >= 15 is 0 Å². The highest BCUT2D eigenvalue weighted by molar-refractivity contribution is 5.95. The molecule has 2 amide bonds. The van der Waals surface area contributed by atoms with Crippen molar-refractivity contribution in [1.29, 1.82) is 0 Å². The van der Waals surface area contributed by atoms with Gasteiger partial charge in [-0.3, -0.25) is 9.59 Å². The minimum Gasteiger partial charge on any atom is -0.495 e. The first-order valence-corrected chi connectivity index (χ1v) is 12.8. The molecule has 4 aromatic rings. The molecule has 9 nitrogen and oxygen atoms in total. The Morgan fingerprint density at radius 3 is 2.30 bits per heavy atom. The van der Waals surface area contributed by atoms with E-state index in [9.17, 15) is 9.59 Å². The second-order valence-corrected chi connectivity index (χ2v) is 8.87. The van der Waals surface area contributed by atoms with Crippen LogP contribution in [0.5, 0.6) is 17.2 Å². The molecule has 0 aliphatic carbocycles. The molecule has 2 N–H and O–H groups in total. The van der Waals surface area contributed by atoms with Gasteiger partial charge in [-0.1, -0.05) is 12.1 Å². The normalized spacial score (nSPS) is 10.8. The van der Waals surface area contributed by atoms with Crippen LogP contribution >= 0.6 is 0 Å². The number of carbonyl (C=O) groups is 2. The van der Waals surface area contributed by atoms with E-state index in [0.29, 0.717) is 40.7 Å². The van der Waals surface area contributed by atoms with E-state index in [0.717, 1.165) is 17.1 Å². The molecule has 1 heterocycles. The van der Waals surface area contributed by atoms with Crippen LogP contribution in [0.1, 0.15) is 34.2 Å². The molecular formula is C31H32N4O5. The number of para-hydroxylation sites is 2. The van der Waals surface area contributed by atoms with Gasteiger partial charge in [0, 0.05) is 22.6 Å². The number of nitrogens with one attached hydrogen (secondary N) is 2. The summed E-state index contributed by atoms with van der Waals surface area (Å²) in [4.78, 5) is 25.0. The zero-order valence-electron chi connectivity index (χ0n) is 22.9. The van der Waals surface area contributed by atoms with E-state index in [2.05, 4.69) is 32.5 Å². The molecule has 0 unspecified atom stereocenters. The van der Waals surface area contributed by atoms with Crippen LogP contribution in [0.2, 0.25) is 0 Å². The van der Waals surface area contributed by atoms with Crippen LogP contribution in [0.4, 0.5) is 5.69 Å². The molecular weight excluding hydrogens is 508 g/mol. The number of carbonyl (C=O) groups excluding carboxylic acids is 2. The van der Waals surface area contributed by atoms with E-state index in [1.54, 1.807) is 48.5 Å². The fraction of sp³-hybridized carbons (Fsp3) is 0.194. The first-order valence-electron chi connectivity index (χ1n) is 12.8. The smallest absolute Gasteiger partial charge is 0.271 e. The van der Waals surface area contributed by atoms with Gasteiger partial charge in [0.1, 0.15) is 5.75 Å². The largest absolute Gasteiger partial charge is 0.495 e. The SMILES string of the molecule is CCOc1cc(/C=N\NC(=O)c2ccc(-n3c(C)ccc3C)cc2)ccc1OCC(=O)Nc1ccccc1OC. The van der Waals surface area contributed by atoms with Crippen LogP contribution in [-0.4, -0.2) is 42.9 Å². The van der Waals surface area contributed by atoms with Gasteiger partial charge in [-0.2, -0.15) is 5.10 Å². The first kappa shape index (κ1) is 28.0. The quantitative estimate of drug-likeness (QED) is 0.199. The molecule has 0 saturated heterocycles. The Balaban J connectivity index is 1.35. The van der Waals surface area contributed by atoms with Gasteiger partial charge in [0.05, 0.1) is 25.6 Å². The molecule has 1 aromatic heterocycles. The number of hydrazone groups is 1. The summed E-state index contributed by atoms with van der Waals surface area (Å²) in [7, 11) is 1.54. The molecule has 0 saturated carbocycles. The lowest BCUT2D eigenvalue weighted by molar-refractivity contribution is -0.118. The van der Waals surface area contributed by atoms with Crippen molar-refractivity contribution in [2.24, 2.45) is 5.10 Å². The topological polar surface area (TPSA) is 103 Å². The van der Waals surface area contributed by atoms with E-state index in [1.807, 2.05) is 39.0 Å². The Labute approximate surface area is 233 Å². The van der Waals surface area contributed by atoms with E-state index in [-0.39, 0.29) is 18.4 Å². The number of ether oxygens (including phenoxy) is 3. The molecule has 0 radical (unpaired) electrons. The standard InChI is InChI=1S/C31H32N4O5/c1-5-39-29-18-23(12-17-28(29)40-20-30(36)33-26-8-6-7-9-27(26)38-4)19-32-34-31(37)24-13-15-25(16-14-24)35-21(2)10-11-22(35)3/h6-19H,5,20H2,1-4H3,(H,33,36)(H,34,37)/b32-19-. The van der Waals surface area contributed by atoms with Gasteiger partial charge in [-0.05, 0) is 93.1 Å². The lowest BCUT2D eigenvalue weighted by Crippen LogP contribution is -2.20. The number of methoxy groups -OCH3 is 1. The molecule has 0 bridgehead atoms. The summed E-state index contributed by atoms with van der Waals surface area (Å²) >= 11 is 0. The van der Waals surface area contributed by atoms with Crippen LogP contribution in [0, 0.1) is 13.8 Å². The average molecular weight is 541 g/mol. The van der Waals surface area contributed by atoms with Crippen molar-refractivity contribution in [2.75, 3.05) is 25.6 Å². The maximum atomic E-state index is 12.6. The monoisotopic (exact) mass is 540 g/mol. The van der Waals surface area contributed by atoms with Crippen molar-refractivity contribution in [3.05, 3.63) is 101 Å². The molecule has 0 aliphatic rings. The Kier molecular flexibility index (Phi) is 9.19. The summed E-state index contributed by atoms with van der Waals surface area (Å²) in [6.07, 6.45) is 1.51. The van der Waals surface area contributed by atoms with Gasteiger partial charge >= 0.3 is 0 Å². The minimum absolute atomic E-state index is 0.218. The van der Waals surface area contributed by atoms with Crippen molar-refractivity contribution >= 4 is 23.7 Å². The van der Waals surface area contributed by atoms with Gasteiger partial charge in [-0.15, -0.1) is 0 Å². The van der Waals surface area contributed by atoms with Gasteiger partial charge in [0.2, 0.25) is 0 Å². The molecule has 3 aromatic carbocycles. The number of aromatic nitrogens is 1. The fourth-order valence-corrected chi connectivity index (χ4v) is 4.14. The third-order valence-corrected chi connectivity index (χ3v) is 6.05. The molecule has 206 valence electrons. The number of rotatable bonds is 11. The maximum Gasteiger partial charge on any atom is 0.271 e. The number of hydrogen-bond acceptors (Lipinski definition) is 6. The third-order valence-electron chi connectivity index (χ3n) is 6.05. The fourth-order valence-electron chi connectivity index (χ4n) is 4.14. The molecule has 4 rings (SSSR count). The summed E-state index contributed by atoms with van der Waals surface area (Å²) in [5, 5.41) is 6.85. The summed E-state index contributed by atoms with van der Waals surface area (Å²) in [5.41, 5.74) is 7.52. The molecule has 9 heteroatoms. The average Bonchev–Trinajstić information content (AvgIpc) is 3.30.